The van der Waals surface area contributed by atoms with E-state index in [1.807, 2.05) is 17.2 Å². The summed E-state index contributed by atoms with van der Waals surface area (Å²) in [6.07, 6.45) is 2.97. The number of likely N-dealkylation sites (tertiary alicyclic amines) is 1. The fourth-order valence-electron chi connectivity index (χ4n) is 4.15. The molecule has 1 unspecified atom stereocenters. The van der Waals surface area contributed by atoms with Gasteiger partial charge in [-0.3, -0.25) is 9.69 Å². The first kappa shape index (κ1) is 20.2. The lowest BCUT2D eigenvalue weighted by Crippen LogP contribution is -2.51. The predicted octanol–water partition coefficient (Wildman–Crippen LogP) is 1.73. The zero-order chi connectivity index (χ0) is 20.2. The topological polar surface area (TPSA) is 78.4 Å². The van der Waals surface area contributed by atoms with Gasteiger partial charge in [0.15, 0.2) is 0 Å². The molecule has 0 N–H and O–H groups in total. The van der Waals surface area contributed by atoms with E-state index in [0.29, 0.717) is 12.5 Å². The Morgan fingerprint density at radius 3 is 2.76 bits per heavy atom. The number of carbonyl (C=O) groups is 1. The molecule has 2 saturated heterocycles. The molecule has 2 aromatic heterocycles. The second-order valence-corrected chi connectivity index (χ2v) is 8.52. The van der Waals surface area contributed by atoms with Crippen LogP contribution in [0.25, 0.3) is 0 Å². The molecular formula is C20H29N7OS. The van der Waals surface area contributed by atoms with Gasteiger partial charge in [0.25, 0.3) is 0 Å². The van der Waals surface area contributed by atoms with Crippen LogP contribution in [0, 0.1) is 6.92 Å². The van der Waals surface area contributed by atoms with Gasteiger partial charge in [-0.1, -0.05) is 11.4 Å². The summed E-state index contributed by atoms with van der Waals surface area (Å²) in [5.74, 6) is 2.47. The second-order valence-electron chi connectivity index (χ2n) is 7.91. The fourth-order valence-corrected chi connectivity index (χ4v) is 4.69. The van der Waals surface area contributed by atoms with Crippen LogP contribution < -0.4 is 4.90 Å². The fraction of sp³-hybridized carbons (Fsp3) is 0.650. The van der Waals surface area contributed by atoms with Crippen molar-refractivity contribution >= 4 is 23.3 Å². The molecule has 1 amide bonds. The van der Waals surface area contributed by atoms with E-state index in [-0.39, 0.29) is 5.91 Å². The van der Waals surface area contributed by atoms with Gasteiger partial charge >= 0.3 is 0 Å². The maximum atomic E-state index is 12.9. The van der Waals surface area contributed by atoms with Crippen LogP contribution in [-0.2, 0) is 11.2 Å². The molecule has 0 saturated carbocycles. The number of hydrogen-bond acceptors (Lipinski definition) is 8. The number of piperazine rings is 1. The third kappa shape index (κ3) is 4.90. The van der Waals surface area contributed by atoms with Gasteiger partial charge in [-0.25, -0.2) is 9.97 Å². The summed E-state index contributed by atoms with van der Waals surface area (Å²) >= 11 is 1.39. The van der Waals surface area contributed by atoms with Crippen molar-refractivity contribution in [2.45, 2.75) is 39.0 Å². The molecule has 156 valence electrons. The number of nitrogens with zero attached hydrogens (tertiary/aromatic N) is 7. The van der Waals surface area contributed by atoms with E-state index in [9.17, 15) is 4.79 Å². The number of rotatable bonds is 5. The van der Waals surface area contributed by atoms with Crippen LogP contribution in [-0.4, -0.2) is 81.1 Å². The molecular weight excluding hydrogens is 386 g/mol. The molecule has 0 radical (unpaired) electrons. The highest BCUT2D eigenvalue weighted by Crippen LogP contribution is 2.26. The monoisotopic (exact) mass is 415 g/mol. The Labute approximate surface area is 176 Å². The zero-order valence-electron chi connectivity index (χ0n) is 17.3. The normalized spacial score (nSPS) is 20.8. The average molecular weight is 416 g/mol. The van der Waals surface area contributed by atoms with Gasteiger partial charge in [0.1, 0.15) is 11.6 Å². The minimum Gasteiger partial charge on any atom is -0.354 e. The van der Waals surface area contributed by atoms with Gasteiger partial charge in [-0.2, -0.15) is 0 Å². The highest BCUT2D eigenvalue weighted by molar-refractivity contribution is 7.03. The maximum Gasteiger partial charge on any atom is 0.236 e. The van der Waals surface area contributed by atoms with Gasteiger partial charge in [0, 0.05) is 68.7 Å². The second kappa shape index (κ2) is 9.13. The van der Waals surface area contributed by atoms with Crippen molar-refractivity contribution in [1.82, 2.24) is 29.4 Å². The highest BCUT2D eigenvalue weighted by atomic mass is 32.1. The van der Waals surface area contributed by atoms with E-state index in [0.717, 1.165) is 81.6 Å². The summed E-state index contributed by atoms with van der Waals surface area (Å²) in [5.41, 5.74) is 2.05. The number of anilines is 1. The molecule has 0 spiro atoms. The lowest BCUT2D eigenvalue weighted by Gasteiger charge is -2.37. The number of carbonyl (C=O) groups excluding carboxylic acids is 1. The van der Waals surface area contributed by atoms with E-state index in [4.69, 9.17) is 0 Å². The molecule has 0 aliphatic carbocycles. The Balaban J connectivity index is 1.29. The minimum absolute atomic E-state index is 0.234. The van der Waals surface area contributed by atoms with Crippen molar-refractivity contribution in [2.24, 2.45) is 0 Å². The first-order valence-corrected chi connectivity index (χ1v) is 11.3. The minimum atomic E-state index is 0.234. The summed E-state index contributed by atoms with van der Waals surface area (Å²) in [7, 11) is 0. The SMILES string of the molecule is CCc1nc(C)cc(N2CCN(CC(=O)N3CCCC(c4csnn4)C3)CC2)n1. The number of aromatic nitrogens is 4. The third-order valence-electron chi connectivity index (χ3n) is 5.83. The lowest BCUT2D eigenvalue weighted by atomic mass is 9.95. The van der Waals surface area contributed by atoms with Crippen LogP contribution in [0.15, 0.2) is 11.4 Å². The van der Waals surface area contributed by atoms with Crippen LogP contribution in [0.2, 0.25) is 0 Å². The largest absolute Gasteiger partial charge is 0.354 e. The Morgan fingerprint density at radius 2 is 2.03 bits per heavy atom. The number of aryl methyl sites for hydroxylation is 2. The lowest BCUT2D eigenvalue weighted by molar-refractivity contribution is -0.133. The summed E-state index contributed by atoms with van der Waals surface area (Å²) in [6.45, 7) is 9.76. The van der Waals surface area contributed by atoms with Crippen molar-refractivity contribution in [3.63, 3.8) is 0 Å². The molecule has 2 aliphatic rings. The molecule has 0 aromatic carbocycles. The molecule has 4 heterocycles. The first-order valence-electron chi connectivity index (χ1n) is 10.5. The summed E-state index contributed by atoms with van der Waals surface area (Å²) in [4.78, 5) is 28.6. The summed E-state index contributed by atoms with van der Waals surface area (Å²) in [5, 5.41) is 6.22. The Hall–Kier alpha value is -2.13. The van der Waals surface area contributed by atoms with Gasteiger partial charge < -0.3 is 9.80 Å². The Kier molecular flexibility index (Phi) is 6.34. The van der Waals surface area contributed by atoms with E-state index >= 15 is 0 Å². The van der Waals surface area contributed by atoms with Crippen LogP contribution in [0.3, 0.4) is 0 Å². The van der Waals surface area contributed by atoms with Gasteiger partial charge in [0.2, 0.25) is 5.91 Å². The molecule has 4 rings (SSSR count). The summed E-state index contributed by atoms with van der Waals surface area (Å²) in [6, 6.07) is 2.06. The number of piperidine rings is 1. The highest BCUT2D eigenvalue weighted by Gasteiger charge is 2.28. The Bertz CT molecular complexity index is 820. The standard InChI is InChI=1S/C20H29N7OS/c1-3-18-21-15(2)11-19(22-18)26-9-7-25(8-10-26)13-20(28)27-6-4-5-16(12-27)17-14-29-24-23-17/h11,14,16H,3-10,12-13H2,1-2H3. The Morgan fingerprint density at radius 1 is 1.21 bits per heavy atom. The number of amides is 1. The molecule has 2 aliphatic heterocycles. The van der Waals surface area contributed by atoms with E-state index in [1.54, 1.807) is 0 Å². The molecule has 29 heavy (non-hydrogen) atoms. The quantitative estimate of drug-likeness (QED) is 0.736. The van der Waals surface area contributed by atoms with Crippen LogP contribution in [0.5, 0.6) is 0 Å². The van der Waals surface area contributed by atoms with Crippen LogP contribution in [0.4, 0.5) is 5.82 Å². The molecule has 9 heteroatoms. The van der Waals surface area contributed by atoms with Crippen molar-refractivity contribution in [3.05, 3.63) is 28.7 Å². The maximum absolute atomic E-state index is 12.9. The van der Waals surface area contributed by atoms with Crippen molar-refractivity contribution in [2.75, 3.05) is 50.7 Å². The smallest absolute Gasteiger partial charge is 0.236 e. The van der Waals surface area contributed by atoms with E-state index in [1.165, 1.54) is 11.5 Å². The van der Waals surface area contributed by atoms with Crippen molar-refractivity contribution in [3.8, 4) is 0 Å². The van der Waals surface area contributed by atoms with Crippen molar-refractivity contribution in [1.29, 1.82) is 0 Å². The molecule has 0 bridgehead atoms. The third-order valence-corrected chi connectivity index (χ3v) is 6.35. The van der Waals surface area contributed by atoms with Gasteiger partial charge in [0.05, 0.1) is 12.2 Å². The van der Waals surface area contributed by atoms with Crippen LogP contribution >= 0.6 is 11.5 Å². The van der Waals surface area contributed by atoms with Gasteiger partial charge in [-0.15, -0.1) is 5.10 Å². The molecule has 8 nitrogen and oxygen atoms in total. The summed E-state index contributed by atoms with van der Waals surface area (Å²) < 4.78 is 3.98. The van der Waals surface area contributed by atoms with E-state index < -0.39 is 0 Å². The van der Waals surface area contributed by atoms with Crippen molar-refractivity contribution < 1.29 is 4.79 Å². The van der Waals surface area contributed by atoms with Crippen LogP contribution in [0.1, 0.15) is 42.9 Å². The molecule has 2 fully saturated rings. The molecule has 1 atom stereocenters. The van der Waals surface area contributed by atoms with Gasteiger partial charge in [-0.05, 0) is 31.3 Å². The molecule has 2 aromatic rings. The first-order chi connectivity index (χ1) is 14.1. The van der Waals surface area contributed by atoms with E-state index in [2.05, 4.69) is 42.3 Å². The predicted molar refractivity (Wildman–Crippen MR) is 113 cm³/mol. The average Bonchev–Trinajstić information content (AvgIpc) is 3.29. The number of hydrogen-bond donors (Lipinski definition) is 0. The zero-order valence-corrected chi connectivity index (χ0v) is 18.1.